The predicted octanol–water partition coefficient (Wildman–Crippen LogP) is 4.00. The molecule has 0 aliphatic rings. The number of rotatable bonds is 10. The third-order valence-corrected chi connectivity index (χ3v) is 6.28. The van der Waals surface area contributed by atoms with Crippen LogP contribution in [-0.4, -0.2) is 34.7 Å². The standard InChI is InChI=1S/C24H29N2O5P/c1-24(2,16-27)17-31-32(29,30)22-14-10-19(11-15-22)18-8-12-21(13-9-18)26-23(28)25-20-6-4-3-5-7-20/h3-15,23,25-28H,16-17H2,1-2H3,(H,29,30). The summed E-state index contributed by atoms with van der Waals surface area (Å²) in [6.45, 7) is 3.34. The molecule has 3 aromatic rings. The van der Waals surface area contributed by atoms with E-state index in [1.165, 1.54) is 0 Å². The molecule has 0 saturated heterocycles. The molecule has 5 N–H and O–H groups in total. The minimum atomic E-state index is -3.97. The summed E-state index contributed by atoms with van der Waals surface area (Å²) in [4.78, 5) is 10.2. The summed E-state index contributed by atoms with van der Waals surface area (Å²) in [5.74, 6) is 0. The van der Waals surface area contributed by atoms with Gasteiger partial charge >= 0.3 is 7.60 Å². The quantitative estimate of drug-likeness (QED) is 0.232. The Kier molecular flexibility index (Phi) is 7.72. The summed E-state index contributed by atoms with van der Waals surface area (Å²) >= 11 is 0. The highest BCUT2D eigenvalue weighted by atomic mass is 31.2. The zero-order valence-corrected chi connectivity index (χ0v) is 19.0. The first-order valence-electron chi connectivity index (χ1n) is 10.2. The van der Waals surface area contributed by atoms with Crippen molar-refractivity contribution in [1.29, 1.82) is 0 Å². The molecule has 3 rings (SSSR count). The minimum Gasteiger partial charge on any atom is -0.396 e. The van der Waals surface area contributed by atoms with Crippen LogP contribution in [0.2, 0.25) is 0 Å². The van der Waals surface area contributed by atoms with Gasteiger partial charge in [0, 0.05) is 16.8 Å². The highest BCUT2D eigenvalue weighted by molar-refractivity contribution is 7.61. The Morgan fingerprint density at radius 1 is 0.875 bits per heavy atom. The number of anilines is 2. The van der Waals surface area contributed by atoms with Crippen molar-refractivity contribution in [3.8, 4) is 11.1 Å². The van der Waals surface area contributed by atoms with Crippen LogP contribution in [0.3, 0.4) is 0 Å². The zero-order chi connectivity index (χ0) is 23.2. The number of nitrogens with one attached hydrogen (secondary N) is 2. The van der Waals surface area contributed by atoms with E-state index in [0.717, 1.165) is 22.5 Å². The molecule has 170 valence electrons. The summed E-state index contributed by atoms with van der Waals surface area (Å²) in [5, 5.41) is 25.6. The minimum absolute atomic E-state index is 0.0293. The molecule has 0 aliphatic heterocycles. The molecule has 8 heteroatoms. The van der Waals surface area contributed by atoms with Gasteiger partial charge in [0.05, 0.1) is 18.5 Å². The van der Waals surface area contributed by atoms with Crippen LogP contribution in [0.4, 0.5) is 11.4 Å². The highest BCUT2D eigenvalue weighted by Gasteiger charge is 2.27. The number of para-hydroxylation sites is 1. The van der Waals surface area contributed by atoms with Crippen LogP contribution in [0.5, 0.6) is 0 Å². The van der Waals surface area contributed by atoms with E-state index in [9.17, 15) is 19.7 Å². The van der Waals surface area contributed by atoms with Gasteiger partial charge in [-0.2, -0.15) is 0 Å². The van der Waals surface area contributed by atoms with E-state index in [2.05, 4.69) is 10.6 Å². The summed E-state index contributed by atoms with van der Waals surface area (Å²) in [5.41, 5.74) is 2.73. The molecule has 0 fully saturated rings. The summed E-state index contributed by atoms with van der Waals surface area (Å²) in [7, 11) is -3.97. The lowest BCUT2D eigenvalue weighted by Crippen LogP contribution is -2.27. The first kappa shape index (κ1) is 24.0. The van der Waals surface area contributed by atoms with Gasteiger partial charge in [-0.25, -0.2) is 0 Å². The third kappa shape index (κ3) is 6.66. The van der Waals surface area contributed by atoms with Crippen molar-refractivity contribution in [1.82, 2.24) is 0 Å². The van der Waals surface area contributed by atoms with E-state index in [0.29, 0.717) is 0 Å². The lowest BCUT2D eigenvalue weighted by Gasteiger charge is -2.23. The number of benzene rings is 3. The lowest BCUT2D eigenvalue weighted by molar-refractivity contribution is 0.0926. The fraction of sp³-hybridized carbons (Fsp3) is 0.250. The molecule has 0 aromatic heterocycles. The van der Waals surface area contributed by atoms with Gasteiger partial charge in [-0.15, -0.1) is 0 Å². The molecule has 0 bridgehead atoms. The normalized spacial score (nSPS) is 14.4. The largest absolute Gasteiger partial charge is 0.396 e. The Morgan fingerprint density at radius 2 is 1.38 bits per heavy atom. The van der Waals surface area contributed by atoms with Crippen molar-refractivity contribution >= 4 is 24.3 Å². The molecule has 2 atom stereocenters. The van der Waals surface area contributed by atoms with Crippen LogP contribution in [0, 0.1) is 5.41 Å². The molecule has 3 aromatic carbocycles. The van der Waals surface area contributed by atoms with Crippen molar-refractivity contribution in [2.45, 2.75) is 20.2 Å². The van der Waals surface area contributed by atoms with E-state index < -0.39 is 19.4 Å². The maximum Gasteiger partial charge on any atom is 0.358 e. The molecule has 0 spiro atoms. The van der Waals surface area contributed by atoms with Gasteiger partial charge < -0.3 is 30.3 Å². The van der Waals surface area contributed by atoms with E-state index >= 15 is 0 Å². The Bertz CT molecular complexity index is 1040. The Balaban J connectivity index is 1.62. The van der Waals surface area contributed by atoms with E-state index in [1.807, 2.05) is 54.6 Å². The number of aliphatic hydroxyl groups is 2. The van der Waals surface area contributed by atoms with Crippen molar-refractivity contribution in [3.05, 3.63) is 78.9 Å². The van der Waals surface area contributed by atoms with Crippen LogP contribution in [0.15, 0.2) is 78.9 Å². The molecule has 0 radical (unpaired) electrons. The Labute approximate surface area is 188 Å². The molecule has 7 nitrogen and oxygen atoms in total. The lowest BCUT2D eigenvalue weighted by atomic mass is 9.97. The highest BCUT2D eigenvalue weighted by Crippen LogP contribution is 2.42. The number of hydrogen-bond acceptors (Lipinski definition) is 6. The van der Waals surface area contributed by atoms with Crippen molar-refractivity contribution in [2.75, 3.05) is 23.8 Å². The topological polar surface area (TPSA) is 111 Å². The molecule has 0 amide bonds. The van der Waals surface area contributed by atoms with E-state index in [-0.39, 0.29) is 18.5 Å². The van der Waals surface area contributed by atoms with Gasteiger partial charge in [-0.3, -0.25) is 4.57 Å². The second kappa shape index (κ2) is 10.3. The smallest absolute Gasteiger partial charge is 0.358 e. The molecule has 0 heterocycles. The first-order valence-corrected chi connectivity index (χ1v) is 11.8. The first-order chi connectivity index (χ1) is 15.2. The van der Waals surface area contributed by atoms with Crippen LogP contribution < -0.4 is 15.9 Å². The van der Waals surface area contributed by atoms with Crippen LogP contribution in [0.1, 0.15) is 13.8 Å². The average molecular weight is 456 g/mol. The second-order valence-corrected chi connectivity index (χ2v) is 10.1. The van der Waals surface area contributed by atoms with Gasteiger partial charge in [0.2, 0.25) is 6.35 Å². The number of aliphatic hydroxyl groups excluding tert-OH is 2. The SMILES string of the molecule is CC(C)(CO)COP(=O)(O)c1ccc(-c2ccc(NC(O)Nc3ccccc3)cc2)cc1. The summed E-state index contributed by atoms with van der Waals surface area (Å²) in [6, 6.07) is 23.5. The fourth-order valence-corrected chi connectivity index (χ4v) is 4.07. The van der Waals surface area contributed by atoms with Crippen molar-refractivity contribution in [2.24, 2.45) is 5.41 Å². The Hall–Kier alpha value is -2.67. The molecular formula is C24H29N2O5P. The van der Waals surface area contributed by atoms with Gasteiger partial charge in [0.25, 0.3) is 0 Å². The number of hydrogen-bond donors (Lipinski definition) is 5. The Morgan fingerprint density at radius 3 is 1.91 bits per heavy atom. The van der Waals surface area contributed by atoms with Crippen LogP contribution in [0.25, 0.3) is 11.1 Å². The maximum atomic E-state index is 12.5. The second-order valence-electron chi connectivity index (χ2n) is 8.30. The van der Waals surface area contributed by atoms with Gasteiger partial charge in [0.1, 0.15) is 0 Å². The van der Waals surface area contributed by atoms with Gasteiger partial charge in [-0.05, 0) is 47.5 Å². The summed E-state index contributed by atoms with van der Waals surface area (Å²) in [6.07, 6.45) is -0.947. The third-order valence-electron chi connectivity index (χ3n) is 4.85. The van der Waals surface area contributed by atoms with Crippen LogP contribution in [-0.2, 0) is 9.09 Å². The van der Waals surface area contributed by atoms with Crippen LogP contribution >= 0.6 is 7.60 Å². The zero-order valence-electron chi connectivity index (χ0n) is 18.1. The fourth-order valence-electron chi connectivity index (χ4n) is 2.87. The van der Waals surface area contributed by atoms with Crippen molar-refractivity contribution < 1.29 is 24.2 Å². The maximum absolute atomic E-state index is 12.5. The van der Waals surface area contributed by atoms with Gasteiger partial charge in [0.15, 0.2) is 0 Å². The van der Waals surface area contributed by atoms with Gasteiger partial charge in [-0.1, -0.05) is 56.3 Å². The molecule has 0 saturated carbocycles. The monoisotopic (exact) mass is 456 g/mol. The van der Waals surface area contributed by atoms with E-state index in [1.54, 1.807) is 38.1 Å². The van der Waals surface area contributed by atoms with Crippen molar-refractivity contribution in [3.63, 3.8) is 0 Å². The molecular weight excluding hydrogens is 427 g/mol. The molecule has 0 aliphatic carbocycles. The summed E-state index contributed by atoms with van der Waals surface area (Å²) < 4.78 is 17.7. The van der Waals surface area contributed by atoms with E-state index in [4.69, 9.17) is 4.52 Å². The average Bonchev–Trinajstić information content (AvgIpc) is 2.79. The molecule has 2 unspecified atom stereocenters. The molecule has 32 heavy (non-hydrogen) atoms. The predicted molar refractivity (Wildman–Crippen MR) is 128 cm³/mol.